The Bertz CT molecular complexity index is 962. The molecule has 8 nitrogen and oxygen atoms in total. The number of benzene rings is 1. The number of aliphatic hydroxyl groups is 1. The summed E-state index contributed by atoms with van der Waals surface area (Å²) in [5.41, 5.74) is 9.70. The van der Waals surface area contributed by atoms with Crippen LogP contribution in [0.4, 0.5) is 23.1 Å². The summed E-state index contributed by atoms with van der Waals surface area (Å²) in [5.74, 6) is 1.38. The molecule has 3 rings (SSSR count). The number of fused-ring (bicyclic) bond motifs is 1. The van der Waals surface area contributed by atoms with Gasteiger partial charge in [0.1, 0.15) is 0 Å². The first-order chi connectivity index (χ1) is 14.2. The molecule has 1 aromatic carbocycles. The van der Waals surface area contributed by atoms with E-state index in [1.54, 1.807) is 18.2 Å². The summed E-state index contributed by atoms with van der Waals surface area (Å²) in [6.07, 6.45) is 0.760. The normalized spacial score (nSPS) is 12.7. The molecule has 2 aliphatic rings. The average Bonchev–Trinajstić information content (AvgIpc) is 3.10. The van der Waals surface area contributed by atoms with E-state index in [0.717, 1.165) is 17.8 Å². The Kier molecular flexibility index (Phi) is 6.67. The van der Waals surface area contributed by atoms with Crippen molar-refractivity contribution >= 4 is 34.7 Å². The second kappa shape index (κ2) is 9.06. The Labute approximate surface area is 182 Å². The van der Waals surface area contributed by atoms with Gasteiger partial charge in [-0.25, -0.2) is 0 Å². The zero-order valence-corrected chi connectivity index (χ0v) is 18.8. The second-order valence-corrected chi connectivity index (χ2v) is 8.45. The molecule has 2 aliphatic heterocycles. The third-order valence-corrected chi connectivity index (χ3v) is 5.15. The minimum Gasteiger partial charge on any atom is -0.399 e. The summed E-state index contributed by atoms with van der Waals surface area (Å²) >= 11 is 6.17. The van der Waals surface area contributed by atoms with Crippen molar-refractivity contribution in [3.05, 3.63) is 28.9 Å². The van der Waals surface area contributed by atoms with E-state index in [9.17, 15) is 5.11 Å². The number of nitrogens with zero attached hydrogens (tertiary/aromatic N) is 4. The number of rotatable bonds is 8. The summed E-state index contributed by atoms with van der Waals surface area (Å²) < 4.78 is 2.10. The average molecular weight is 432 g/mol. The van der Waals surface area contributed by atoms with Crippen LogP contribution in [0.1, 0.15) is 58.7 Å². The summed E-state index contributed by atoms with van der Waals surface area (Å²) in [7, 11) is 0. The third-order valence-electron chi connectivity index (χ3n) is 4.93. The summed E-state index contributed by atoms with van der Waals surface area (Å²) in [6.45, 7) is 10.4. The number of hydrogen-bond donors (Lipinski definition) is 4. The minimum absolute atomic E-state index is 0.0104. The quantitative estimate of drug-likeness (QED) is 0.384. The molecule has 0 aromatic heterocycles. The Morgan fingerprint density at radius 1 is 1.17 bits per heavy atom. The lowest BCUT2D eigenvalue weighted by Crippen LogP contribution is -2.27. The molecule has 162 valence electrons. The highest BCUT2D eigenvalue weighted by molar-refractivity contribution is 6.31. The van der Waals surface area contributed by atoms with Crippen molar-refractivity contribution in [1.82, 2.24) is 19.7 Å². The molecule has 0 aliphatic carbocycles. The van der Waals surface area contributed by atoms with Gasteiger partial charge in [-0.1, -0.05) is 32.4 Å². The minimum atomic E-state index is -0.118. The predicted molar refractivity (Wildman–Crippen MR) is 123 cm³/mol. The van der Waals surface area contributed by atoms with Crippen LogP contribution in [-0.2, 0) is 0 Å². The Hall–Kier alpha value is -2.58. The fourth-order valence-corrected chi connectivity index (χ4v) is 3.64. The van der Waals surface area contributed by atoms with Crippen molar-refractivity contribution < 1.29 is 5.11 Å². The topological polar surface area (TPSA) is 114 Å². The molecule has 30 heavy (non-hydrogen) atoms. The highest BCUT2D eigenvalue weighted by Crippen LogP contribution is 2.39. The SMILES string of the molecule is CCC(CO)Nc1nc(Nc2cc(N)cc(Cl)c2)c2nnc(C(C)C)c-2n1C(C)C. The standard InChI is InChI=1S/C21H30ClN7O/c1-6-15(10-30)25-21-26-20(24-16-8-13(22)7-14(23)9-16)18-19(29(21)12(4)5)17(11(2)3)27-28-18/h7-9,11-12,15,24,30H,6,10,23H2,1-5H3,(H,25,26). The van der Waals surface area contributed by atoms with Crippen molar-refractivity contribution in [2.75, 3.05) is 23.0 Å². The maximum absolute atomic E-state index is 9.73. The van der Waals surface area contributed by atoms with Crippen LogP contribution in [-0.4, -0.2) is 37.5 Å². The number of aromatic nitrogens is 4. The predicted octanol–water partition coefficient (Wildman–Crippen LogP) is 4.64. The first-order valence-corrected chi connectivity index (χ1v) is 10.6. The maximum atomic E-state index is 9.73. The second-order valence-electron chi connectivity index (χ2n) is 8.02. The lowest BCUT2D eigenvalue weighted by atomic mass is 10.1. The molecule has 0 amide bonds. The van der Waals surface area contributed by atoms with Crippen molar-refractivity contribution in [3.63, 3.8) is 0 Å². The molecule has 0 saturated carbocycles. The highest BCUT2D eigenvalue weighted by atomic mass is 35.5. The molecule has 1 unspecified atom stereocenters. The van der Waals surface area contributed by atoms with Crippen LogP contribution >= 0.6 is 11.6 Å². The number of aliphatic hydroxyl groups excluding tert-OH is 1. The van der Waals surface area contributed by atoms with E-state index < -0.39 is 0 Å². The molecular formula is C21H30ClN7O. The van der Waals surface area contributed by atoms with E-state index in [4.69, 9.17) is 22.3 Å². The molecule has 9 heteroatoms. The van der Waals surface area contributed by atoms with E-state index in [2.05, 4.69) is 53.1 Å². The molecule has 0 radical (unpaired) electrons. The molecular weight excluding hydrogens is 402 g/mol. The largest absolute Gasteiger partial charge is 0.399 e. The van der Waals surface area contributed by atoms with Gasteiger partial charge in [-0.3, -0.25) is 0 Å². The van der Waals surface area contributed by atoms with Gasteiger partial charge < -0.3 is 26.0 Å². The molecule has 0 fully saturated rings. The fraction of sp³-hybridized carbons (Fsp3) is 0.476. The first-order valence-electron chi connectivity index (χ1n) is 10.2. The maximum Gasteiger partial charge on any atom is 0.205 e. The van der Waals surface area contributed by atoms with Crippen LogP contribution in [0.5, 0.6) is 0 Å². The molecule has 1 atom stereocenters. The van der Waals surface area contributed by atoms with Crippen LogP contribution in [0, 0.1) is 0 Å². The van der Waals surface area contributed by atoms with Crippen LogP contribution in [0.3, 0.4) is 0 Å². The number of nitrogens with two attached hydrogens (primary N) is 1. The lowest BCUT2D eigenvalue weighted by Gasteiger charge is -2.26. The summed E-state index contributed by atoms with van der Waals surface area (Å²) in [5, 5.41) is 25.8. The van der Waals surface area contributed by atoms with Gasteiger partial charge in [0.05, 0.1) is 24.0 Å². The summed E-state index contributed by atoms with van der Waals surface area (Å²) in [6, 6.07) is 5.25. The fourth-order valence-electron chi connectivity index (χ4n) is 3.40. The molecule has 0 saturated heterocycles. The van der Waals surface area contributed by atoms with E-state index in [1.165, 1.54) is 0 Å². The number of nitrogens with one attached hydrogen (secondary N) is 2. The number of anilines is 4. The van der Waals surface area contributed by atoms with Gasteiger partial charge in [0, 0.05) is 22.4 Å². The van der Waals surface area contributed by atoms with Gasteiger partial charge in [-0.2, -0.15) is 10.1 Å². The van der Waals surface area contributed by atoms with Crippen molar-refractivity contribution in [1.29, 1.82) is 0 Å². The Morgan fingerprint density at radius 2 is 1.90 bits per heavy atom. The van der Waals surface area contributed by atoms with Gasteiger partial charge >= 0.3 is 0 Å². The zero-order chi connectivity index (χ0) is 22.0. The van der Waals surface area contributed by atoms with Gasteiger partial charge in [-0.15, -0.1) is 5.10 Å². The van der Waals surface area contributed by atoms with Gasteiger partial charge in [-0.05, 0) is 44.4 Å². The molecule has 1 aromatic rings. The monoisotopic (exact) mass is 431 g/mol. The van der Waals surface area contributed by atoms with Crippen LogP contribution in [0.15, 0.2) is 18.2 Å². The van der Waals surface area contributed by atoms with Gasteiger partial charge in [0.15, 0.2) is 11.5 Å². The van der Waals surface area contributed by atoms with Crippen LogP contribution < -0.4 is 16.4 Å². The number of nitrogen functional groups attached to an aromatic ring is 1. The van der Waals surface area contributed by atoms with Crippen molar-refractivity contribution in [2.24, 2.45) is 0 Å². The van der Waals surface area contributed by atoms with E-state index >= 15 is 0 Å². The van der Waals surface area contributed by atoms with Crippen LogP contribution in [0.25, 0.3) is 11.4 Å². The van der Waals surface area contributed by atoms with Gasteiger partial charge in [0.2, 0.25) is 5.95 Å². The lowest BCUT2D eigenvalue weighted by molar-refractivity contribution is 0.271. The van der Waals surface area contributed by atoms with Gasteiger partial charge in [0.25, 0.3) is 0 Å². The van der Waals surface area contributed by atoms with Crippen LogP contribution in [0.2, 0.25) is 5.02 Å². The van der Waals surface area contributed by atoms with E-state index in [-0.39, 0.29) is 24.6 Å². The molecule has 5 N–H and O–H groups in total. The van der Waals surface area contributed by atoms with Crippen molar-refractivity contribution in [2.45, 2.75) is 59.0 Å². The highest BCUT2D eigenvalue weighted by Gasteiger charge is 2.28. The van der Waals surface area contributed by atoms with E-state index in [0.29, 0.717) is 33.9 Å². The first kappa shape index (κ1) is 22.1. The smallest absolute Gasteiger partial charge is 0.205 e. The molecule has 0 bridgehead atoms. The summed E-state index contributed by atoms with van der Waals surface area (Å²) in [4.78, 5) is 4.83. The van der Waals surface area contributed by atoms with Crippen molar-refractivity contribution in [3.8, 4) is 11.4 Å². The van der Waals surface area contributed by atoms with E-state index in [1.807, 2.05) is 6.92 Å². The zero-order valence-electron chi connectivity index (χ0n) is 18.1. The Balaban J connectivity index is 2.21. The molecule has 2 heterocycles. The number of hydrogen-bond acceptors (Lipinski definition) is 7. The Morgan fingerprint density at radius 3 is 2.47 bits per heavy atom. The molecule has 0 spiro atoms. The third kappa shape index (κ3) is 4.44. The number of halogens is 1.